The van der Waals surface area contributed by atoms with Crippen LogP contribution in [0.1, 0.15) is 57.5 Å². The lowest BCUT2D eigenvalue weighted by Gasteiger charge is -2.34. The Bertz CT molecular complexity index is 1060. The summed E-state index contributed by atoms with van der Waals surface area (Å²) in [7, 11) is 0. The third-order valence-corrected chi connectivity index (χ3v) is 5.48. The van der Waals surface area contributed by atoms with E-state index in [0.29, 0.717) is 11.1 Å². The van der Waals surface area contributed by atoms with Gasteiger partial charge in [0.05, 0.1) is 28.5 Å². The highest BCUT2D eigenvalue weighted by Gasteiger charge is 2.46. The molecule has 32 heavy (non-hydrogen) atoms. The molecule has 0 bridgehead atoms. The summed E-state index contributed by atoms with van der Waals surface area (Å²) < 4.78 is 59.0. The van der Waals surface area contributed by atoms with Crippen LogP contribution in [0.15, 0.2) is 24.3 Å². The van der Waals surface area contributed by atoms with E-state index in [-0.39, 0.29) is 22.8 Å². The van der Waals surface area contributed by atoms with Gasteiger partial charge in [0.15, 0.2) is 6.10 Å². The summed E-state index contributed by atoms with van der Waals surface area (Å²) in [6, 6.07) is 4.79. The first-order valence-corrected chi connectivity index (χ1v) is 10.2. The fourth-order valence-corrected chi connectivity index (χ4v) is 3.78. The molecule has 2 heterocycles. The second-order valence-corrected chi connectivity index (χ2v) is 9.53. The minimum Gasteiger partial charge on any atom is -0.444 e. The summed E-state index contributed by atoms with van der Waals surface area (Å²) in [5.74, 6) is -0.700. The maximum Gasteiger partial charge on any atom is 0.420 e. The Balaban J connectivity index is 2.21. The van der Waals surface area contributed by atoms with E-state index in [1.54, 1.807) is 34.6 Å². The van der Waals surface area contributed by atoms with Crippen LogP contribution in [-0.2, 0) is 16.8 Å². The number of ether oxygens (including phenoxy) is 1. The zero-order valence-corrected chi connectivity index (χ0v) is 18.9. The van der Waals surface area contributed by atoms with Crippen LogP contribution in [0.2, 0.25) is 5.02 Å². The number of amides is 1. The van der Waals surface area contributed by atoms with E-state index >= 15 is 0 Å². The number of carbonyl (C=O) groups is 1. The van der Waals surface area contributed by atoms with Crippen LogP contribution in [-0.4, -0.2) is 32.9 Å². The van der Waals surface area contributed by atoms with E-state index in [1.165, 1.54) is 17.0 Å². The number of halogens is 5. The second-order valence-electron chi connectivity index (χ2n) is 9.12. The zero-order chi connectivity index (χ0) is 24.2. The number of fused-ring (bicyclic) bond motifs is 1. The molecule has 1 atom stereocenters. The molecule has 1 aliphatic rings. The summed E-state index contributed by atoms with van der Waals surface area (Å²) in [5.41, 5.74) is -1.34. The lowest BCUT2D eigenvalue weighted by atomic mass is 9.91. The zero-order valence-electron chi connectivity index (χ0n) is 18.1. The minimum atomic E-state index is -4.95. The van der Waals surface area contributed by atoms with Crippen molar-refractivity contribution in [3.8, 4) is 11.3 Å². The number of hydrogen-bond donors (Lipinski definition) is 1. The van der Waals surface area contributed by atoms with Crippen molar-refractivity contribution in [3.63, 3.8) is 0 Å². The molecule has 0 aliphatic carbocycles. The fourth-order valence-electron chi connectivity index (χ4n) is 3.60. The van der Waals surface area contributed by atoms with E-state index in [2.05, 4.69) is 4.98 Å². The second kappa shape index (κ2) is 7.88. The quantitative estimate of drug-likeness (QED) is 0.532. The van der Waals surface area contributed by atoms with E-state index < -0.39 is 41.0 Å². The number of benzene rings is 1. The molecule has 1 N–H and O–H groups in total. The topological polar surface area (TPSA) is 62.7 Å². The van der Waals surface area contributed by atoms with Crippen LogP contribution in [0.3, 0.4) is 0 Å². The summed E-state index contributed by atoms with van der Waals surface area (Å²) in [5, 5.41) is 9.64. The highest BCUT2D eigenvalue weighted by Crippen LogP contribution is 2.45. The van der Waals surface area contributed by atoms with Gasteiger partial charge in [-0.3, -0.25) is 4.90 Å². The molecule has 1 unspecified atom stereocenters. The predicted octanol–water partition coefficient (Wildman–Crippen LogP) is 6.12. The number of carbonyl (C=O) groups excluding carboxylic acids is 1. The fraction of sp³-hybridized carbons (Fsp3) is 0.455. The number of rotatable bonds is 2. The molecule has 0 spiro atoms. The molecule has 2 aromatic rings. The summed E-state index contributed by atoms with van der Waals surface area (Å²) in [6.07, 6.45) is -8.44. The van der Waals surface area contributed by atoms with Gasteiger partial charge in [0.2, 0.25) is 0 Å². The lowest BCUT2D eigenvalue weighted by Crippen LogP contribution is -2.43. The predicted molar refractivity (Wildman–Crippen MR) is 110 cm³/mol. The van der Waals surface area contributed by atoms with Crippen molar-refractivity contribution in [1.82, 2.24) is 9.88 Å². The molecule has 0 saturated carbocycles. The molecule has 10 heteroatoms. The van der Waals surface area contributed by atoms with E-state index in [0.717, 1.165) is 12.1 Å². The van der Waals surface area contributed by atoms with Crippen LogP contribution < -0.4 is 0 Å². The van der Waals surface area contributed by atoms with Crippen molar-refractivity contribution in [2.24, 2.45) is 0 Å². The van der Waals surface area contributed by atoms with Gasteiger partial charge in [-0.25, -0.2) is 14.2 Å². The SMILES string of the molecule is CC(C)(C)OC(=O)N1Cc2c(cc(C(O)C(F)(F)F)nc2-c2ccc(F)c(Cl)c2)C1(C)C. The molecular formula is C22H23ClF4N2O3. The molecule has 0 fully saturated rings. The molecule has 1 amide bonds. The van der Waals surface area contributed by atoms with Crippen molar-refractivity contribution < 1.29 is 32.2 Å². The molecule has 1 aliphatic heterocycles. The Hall–Kier alpha value is -2.39. The highest BCUT2D eigenvalue weighted by molar-refractivity contribution is 6.31. The van der Waals surface area contributed by atoms with Crippen LogP contribution in [0, 0.1) is 5.82 Å². The van der Waals surface area contributed by atoms with Gasteiger partial charge in [-0.1, -0.05) is 11.6 Å². The van der Waals surface area contributed by atoms with Crippen LogP contribution in [0.5, 0.6) is 0 Å². The number of pyridine rings is 1. The summed E-state index contributed by atoms with van der Waals surface area (Å²) in [6.45, 7) is 8.42. The van der Waals surface area contributed by atoms with E-state index in [1.807, 2.05) is 0 Å². The molecular weight excluding hydrogens is 452 g/mol. The first-order valence-electron chi connectivity index (χ1n) is 9.77. The maximum atomic E-state index is 13.7. The van der Waals surface area contributed by atoms with Gasteiger partial charge in [-0.2, -0.15) is 13.2 Å². The van der Waals surface area contributed by atoms with Gasteiger partial charge < -0.3 is 9.84 Å². The van der Waals surface area contributed by atoms with Crippen LogP contribution >= 0.6 is 11.6 Å². The average Bonchev–Trinajstić information content (AvgIpc) is 2.91. The molecule has 1 aromatic heterocycles. The Kier molecular flexibility index (Phi) is 5.97. The third kappa shape index (κ3) is 4.54. The molecule has 174 valence electrons. The Labute approximate surface area is 188 Å². The minimum absolute atomic E-state index is 0.00301. The molecule has 0 radical (unpaired) electrons. The number of alkyl halides is 3. The van der Waals surface area contributed by atoms with Crippen molar-refractivity contribution in [2.75, 3.05) is 0 Å². The Morgan fingerprint density at radius 2 is 1.88 bits per heavy atom. The van der Waals surface area contributed by atoms with Gasteiger partial charge in [-0.15, -0.1) is 0 Å². The van der Waals surface area contributed by atoms with Crippen LogP contribution in [0.25, 0.3) is 11.3 Å². The van der Waals surface area contributed by atoms with Crippen LogP contribution in [0.4, 0.5) is 22.4 Å². The number of nitrogens with zero attached hydrogens (tertiary/aromatic N) is 2. The monoisotopic (exact) mass is 474 g/mol. The van der Waals surface area contributed by atoms with Gasteiger partial charge >= 0.3 is 12.3 Å². The number of aliphatic hydroxyl groups excluding tert-OH is 1. The summed E-state index contributed by atoms with van der Waals surface area (Å²) >= 11 is 5.88. The Morgan fingerprint density at radius 1 is 1.25 bits per heavy atom. The number of aliphatic hydroxyl groups is 1. The Morgan fingerprint density at radius 3 is 2.41 bits per heavy atom. The highest BCUT2D eigenvalue weighted by atomic mass is 35.5. The standard InChI is InChI=1S/C22H23ClF4N2O3/c1-20(2,3)32-19(31)29-10-12-13(21(29,4)5)9-16(18(30)22(25,26)27)28-17(12)11-6-7-15(24)14(23)8-11/h6-9,18,30H,10H2,1-5H3. The van der Waals surface area contributed by atoms with Gasteiger partial charge in [0.25, 0.3) is 0 Å². The smallest absolute Gasteiger partial charge is 0.420 e. The van der Waals surface area contributed by atoms with Crippen molar-refractivity contribution in [2.45, 2.75) is 64.6 Å². The van der Waals surface area contributed by atoms with Crippen molar-refractivity contribution >= 4 is 17.7 Å². The van der Waals surface area contributed by atoms with Gasteiger partial charge in [0.1, 0.15) is 11.4 Å². The molecule has 0 saturated heterocycles. The first kappa shape index (κ1) is 24.3. The van der Waals surface area contributed by atoms with Gasteiger partial charge in [-0.05, 0) is 64.4 Å². The third-order valence-electron chi connectivity index (χ3n) is 5.19. The van der Waals surface area contributed by atoms with E-state index in [9.17, 15) is 27.5 Å². The maximum absolute atomic E-state index is 13.7. The molecule has 1 aromatic carbocycles. The van der Waals surface area contributed by atoms with Gasteiger partial charge in [0, 0.05) is 11.1 Å². The van der Waals surface area contributed by atoms with Crippen molar-refractivity contribution in [3.05, 3.63) is 51.9 Å². The van der Waals surface area contributed by atoms with E-state index in [4.69, 9.17) is 16.3 Å². The first-order chi connectivity index (χ1) is 14.5. The number of hydrogen-bond acceptors (Lipinski definition) is 4. The summed E-state index contributed by atoms with van der Waals surface area (Å²) in [4.78, 5) is 18.3. The number of aromatic nitrogens is 1. The average molecular weight is 475 g/mol. The van der Waals surface area contributed by atoms with Crippen molar-refractivity contribution in [1.29, 1.82) is 0 Å². The molecule has 3 rings (SSSR count). The lowest BCUT2D eigenvalue weighted by molar-refractivity contribution is -0.207. The normalized spacial score (nSPS) is 16.7. The largest absolute Gasteiger partial charge is 0.444 e. The molecule has 5 nitrogen and oxygen atoms in total.